The number of hydrogen-bond donors (Lipinski definition) is 1. The van der Waals surface area contributed by atoms with E-state index in [1.807, 2.05) is 41.3 Å². The smallest absolute Gasteiger partial charge is 0.251 e. The number of anilines is 1. The first kappa shape index (κ1) is 20.8. The molecular formula is C27H26N2O2S. The van der Waals surface area contributed by atoms with Crippen LogP contribution in [0.2, 0.25) is 0 Å². The van der Waals surface area contributed by atoms with Crippen LogP contribution >= 0.6 is 11.8 Å². The van der Waals surface area contributed by atoms with Crippen LogP contribution in [0.1, 0.15) is 51.5 Å². The summed E-state index contributed by atoms with van der Waals surface area (Å²) in [5.74, 6) is 0.402. The average Bonchev–Trinajstić information content (AvgIpc) is 2.81. The predicted molar refractivity (Wildman–Crippen MR) is 129 cm³/mol. The Hall–Kier alpha value is -3.05. The zero-order valence-corrected chi connectivity index (χ0v) is 19.0. The normalized spacial score (nSPS) is 17.5. The van der Waals surface area contributed by atoms with E-state index in [4.69, 9.17) is 0 Å². The van der Waals surface area contributed by atoms with Gasteiger partial charge in [-0.15, -0.1) is 11.8 Å². The van der Waals surface area contributed by atoms with Crippen LogP contribution in [0.15, 0.2) is 71.6 Å². The summed E-state index contributed by atoms with van der Waals surface area (Å²) in [4.78, 5) is 28.8. The highest BCUT2D eigenvalue weighted by molar-refractivity contribution is 8.00. The molecule has 1 N–H and O–H groups in total. The fourth-order valence-corrected chi connectivity index (χ4v) is 5.57. The second-order valence-electron chi connectivity index (χ2n) is 8.56. The lowest BCUT2D eigenvalue weighted by molar-refractivity contribution is -0.116. The van der Waals surface area contributed by atoms with Gasteiger partial charge in [0.2, 0.25) is 5.91 Å². The minimum Gasteiger partial charge on any atom is -0.345 e. The zero-order valence-electron chi connectivity index (χ0n) is 18.1. The van der Waals surface area contributed by atoms with Crippen LogP contribution in [0.5, 0.6) is 0 Å². The minimum atomic E-state index is -0.0898. The molecule has 3 aromatic rings. The fourth-order valence-electron chi connectivity index (χ4n) is 4.66. The molecule has 1 heterocycles. The van der Waals surface area contributed by atoms with Gasteiger partial charge in [0.1, 0.15) is 0 Å². The summed E-state index contributed by atoms with van der Waals surface area (Å²) in [6, 6.07) is 22.3. The van der Waals surface area contributed by atoms with Crippen molar-refractivity contribution in [3.63, 3.8) is 0 Å². The van der Waals surface area contributed by atoms with E-state index in [0.717, 1.165) is 35.4 Å². The molecule has 2 aliphatic rings. The van der Waals surface area contributed by atoms with Crippen molar-refractivity contribution in [1.82, 2.24) is 5.32 Å². The molecule has 32 heavy (non-hydrogen) atoms. The van der Waals surface area contributed by atoms with Gasteiger partial charge >= 0.3 is 0 Å². The maximum absolute atomic E-state index is 13.2. The number of carbonyl (C=O) groups is 2. The number of benzene rings is 3. The van der Waals surface area contributed by atoms with E-state index in [-0.39, 0.29) is 17.9 Å². The van der Waals surface area contributed by atoms with Gasteiger partial charge in [-0.3, -0.25) is 9.59 Å². The van der Waals surface area contributed by atoms with E-state index >= 15 is 0 Å². The number of hydrogen-bond acceptors (Lipinski definition) is 3. The lowest BCUT2D eigenvalue weighted by Gasteiger charge is -2.30. The number of thioether (sulfide) groups is 1. The Labute approximate surface area is 193 Å². The maximum atomic E-state index is 13.2. The van der Waals surface area contributed by atoms with Crippen molar-refractivity contribution in [2.45, 2.75) is 43.7 Å². The van der Waals surface area contributed by atoms with Crippen molar-refractivity contribution in [2.24, 2.45) is 0 Å². The molecule has 0 bridgehead atoms. The Morgan fingerprint density at radius 1 is 1.09 bits per heavy atom. The quantitative estimate of drug-likeness (QED) is 0.585. The van der Waals surface area contributed by atoms with Crippen LogP contribution in [0.25, 0.3) is 0 Å². The third kappa shape index (κ3) is 4.17. The molecule has 1 atom stereocenters. The lowest BCUT2D eigenvalue weighted by Crippen LogP contribution is -2.35. The number of carbonyl (C=O) groups excluding carboxylic acids is 2. The topological polar surface area (TPSA) is 49.4 Å². The fraction of sp³-hybridized carbons (Fsp3) is 0.259. The molecule has 5 rings (SSSR count). The van der Waals surface area contributed by atoms with Gasteiger partial charge in [-0.05, 0) is 61.1 Å². The molecule has 4 nitrogen and oxygen atoms in total. The van der Waals surface area contributed by atoms with Gasteiger partial charge in [-0.1, -0.05) is 54.1 Å². The summed E-state index contributed by atoms with van der Waals surface area (Å²) >= 11 is 1.54. The van der Waals surface area contributed by atoms with Crippen molar-refractivity contribution < 1.29 is 9.59 Å². The first-order valence-electron chi connectivity index (χ1n) is 11.1. The highest BCUT2D eigenvalue weighted by atomic mass is 32.2. The predicted octanol–water partition coefficient (Wildman–Crippen LogP) is 5.44. The largest absolute Gasteiger partial charge is 0.345 e. The van der Waals surface area contributed by atoms with Gasteiger partial charge in [-0.2, -0.15) is 0 Å². The van der Waals surface area contributed by atoms with Crippen LogP contribution in [0.4, 0.5) is 5.69 Å². The maximum Gasteiger partial charge on any atom is 0.251 e. The third-order valence-electron chi connectivity index (χ3n) is 6.26. The minimum absolute atomic E-state index is 0.0305. The highest BCUT2D eigenvalue weighted by Crippen LogP contribution is 2.37. The number of rotatable bonds is 4. The van der Waals surface area contributed by atoms with E-state index in [1.165, 1.54) is 28.5 Å². The van der Waals surface area contributed by atoms with Gasteiger partial charge in [-0.25, -0.2) is 0 Å². The molecule has 0 spiro atoms. The lowest BCUT2D eigenvalue weighted by atomic mass is 9.87. The number of nitrogens with zero attached hydrogens (tertiary/aromatic N) is 1. The van der Waals surface area contributed by atoms with Crippen molar-refractivity contribution in [3.8, 4) is 0 Å². The van der Waals surface area contributed by atoms with E-state index in [1.54, 1.807) is 0 Å². The van der Waals surface area contributed by atoms with Crippen LogP contribution in [0.3, 0.4) is 0 Å². The molecule has 0 saturated heterocycles. The summed E-state index contributed by atoms with van der Waals surface area (Å²) in [6.45, 7) is 2.56. The summed E-state index contributed by atoms with van der Waals surface area (Å²) in [5, 5.41) is 3.23. The van der Waals surface area contributed by atoms with Crippen molar-refractivity contribution >= 4 is 29.3 Å². The molecule has 0 fully saturated rings. The first-order chi connectivity index (χ1) is 15.6. The van der Waals surface area contributed by atoms with Crippen molar-refractivity contribution in [3.05, 3.63) is 94.5 Å². The summed E-state index contributed by atoms with van der Waals surface area (Å²) in [5.41, 5.74) is 6.21. The highest BCUT2D eigenvalue weighted by Gasteiger charge is 2.27. The Morgan fingerprint density at radius 2 is 1.97 bits per heavy atom. The molecule has 3 aromatic carbocycles. The van der Waals surface area contributed by atoms with Crippen LogP contribution in [-0.2, 0) is 17.8 Å². The van der Waals surface area contributed by atoms with E-state index in [0.29, 0.717) is 17.9 Å². The molecule has 1 aliphatic heterocycles. The van der Waals surface area contributed by atoms with Gasteiger partial charge in [0, 0.05) is 10.5 Å². The Kier molecular flexibility index (Phi) is 5.75. The molecule has 0 saturated carbocycles. The Balaban J connectivity index is 1.40. The van der Waals surface area contributed by atoms with E-state index in [2.05, 4.69) is 42.6 Å². The molecule has 1 aliphatic carbocycles. The van der Waals surface area contributed by atoms with Crippen LogP contribution in [-0.4, -0.2) is 17.6 Å². The van der Waals surface area contributed by atoms with E-state index in [9.17, 15) is 9.59 Å². The third-order valence-corrected chi connectivity index (χ3v) is 7.31. The SMILES string of the molecule is Cc1cccc(CN2C(=O)CSc3ccc(C(=O)N[C@@H]4CCCc5ccccc54)cc32)c1. The van der Waals surface area contributed by atoms with Gasteiger partial charge in [0.05, 0.1) is 24.0 Å². The summed E-state index contributed by atoms with van der Waals surface area (Å²) in [6.07, 6.45) is 3.08. The monoisotopic (exact) mass is 442 g/mol. The number of fused-ring (bicyclic) bond motifs is 2. The number of aryl methyl sites for hydroxylation is 2. The number of amides is 2. The Morgan fingerprint density at radius 3 is 2.84 bits per heavy atom. The second kappa shape index (κ2) is 8.83. The van der Waals surface area contributed by atoms with Gasteiger partial charge in [0.25, 0.3) is 5.91 Å². The standard InChI is InChI=1S/C27H26N2O2S/c1-18-6-4-7-19(14-18)16-29-24-15-21(12-13-25(24)32-17-26(29)30)27(31)28-23-11-5-9-20-8-2-3-10-22(20)23/h2-4,6-8,10,12-15,23H,5,9,11,16-17H2,1H3,(H,28,31)/t23-/m1/s1. The molecule has 0 radical (unpaired) electrons. The molecule has 5 heteroatoms. The zero-order chi connectivity index (χ0) is 22.1. The molecular weight excluding hydrogens is 416 g/mol. The van der Waals surface area contributed by atoms with Crippen LogP contribution in [0, 0.1) is 6.92 Å². The molecule has 0 unspecified atom stereocenters. The van der Waals surface area contributed by atoms with Crippen LogP contribution < -0.4 is 10.2 Å². The molecule has 2 amide bonds. The van der Waals surface area contributed by atoms with Gasteiger partial charge < -0.3 is 10.2 Å². The van der Waals surface area contributed by atoms with Crippen molar-refractivity contribution in [2.75, 3.05) is 10.7 Å². The second-order valence-corrected chi connectivity index (χ2v) is 9.57. The summed E-state index contributed by atoms with van der Waals surface area (Å²) < 4.78 is 0. The molecule has 0 aromatic heterocycles. The average molecular weight is 443 g/mol. The number of nitrogens with one attached hydrogen (secondary N) is 1. The first-order valence-corrected chi connectivity index (χ1v) is 12.1. The summed E-state index contributed by atoms with van der Waals surface area (Å²) in [7, 11) is 0. The van der Waals surface area contributed by atoms with Gasteiger partial charge in [0.15, 0.2) is 0 Å². The van der Waals surface area contributed by atoms with E-state index < -0.39 is 0 Å². The molecule has 162 valence electrons. The Bertz CT molecular complexity index is 1190. The van der Waals surface area contributed by atoms with Crippen molar-refractivity contribution in [1.29, 1.82) is 0 Å².